The van der Waals surface area contributed by atoms with Crippen molar-refractivity contribution in [2.24, 2.45) is 0 Å². The Morgan fingerprint density at radius 3 is 2.90 bits per heavy atom. The number of carbonyl (C=O) groups is 2. The van der Waals surface area contributed by atoms with Gasteiger partial charge in [0.15, 0.2) is 10.6 Å². The van der Waals surface area contributed by atoms with Crippen LogP contribution in [0.2, 0.25) is 0 Å². The van der Waals surface area contributed by atoms with Crippen molar-refractivity contribution in [3.63, 3.8) is 0 Å². The first-order valence-corrected chi connectivity index (χ1v) is 7.15. The molecule has 1 aromatic heterocycles. The number of para-hydroxylation sites is 1. The van der Waals surface area contributed by atoms with Crippen molar-refractivity contribution in [3.8, 4) is 0 Å². The van der Waals surface area contributed by atoms with Gasteiger partial charge in [0.1, 0.15) is 5.76 Å². The van der Waals surface area contributed by atoms with Gasteiger partial charge < -0.3 is 15.2 Å². The number of nitrogens with one attached hydrogen (secondary N) is 2. The Balaban J connectivity index is 1.86. The highest BCUT2D eigenvalue weighted by Crippen LogP contribution is 2.42. The van der Waals surface area contributed by atoms with Crippen molar-refractivity contribution < 1.29 is 14.1 Å². The molecule has 2 amide bonds. The number of nitrogens with zero attached hydrogens (tertiary/aromatic N) is 1. The van der Waals surface area contributed by atoms with Crippen LogP contribution < -0.4 is 10.6 Å². The van der Waals surface area contributed by atoms with E-state index in [1.165, 1.54) is 11.8 Å². The summed E-state index contributed by atoms with van der Waals surface area (Å²) in [6, 6.07) is 8.97. The first kappa shape index (κ1) is 13.7. The second-order valence-corrected chi connectivity index (χ2v) is 6.32. The average molecular weight is 303 g/mol. The molecule has 7 heteroatoms. The molecule has 1 aromatic carbocycles. The van der Waals surface area contributed by atoms with Crippen molar-refractivity contribution in [1.29, 1.82) is 0 Å². The van der Waals surface area contributed by atoms with E-state index in [0.717, 1.165) is 10.6 Å². The Morgan fingerprint density at radius 1 is 1.43 bits per heavy atom. The van der Waals surface area contributed by atoms with Gasteiger partial charge in [-0.25, -0.2) is 0 Å². The van der Waals surface area contributed by atoms with Crippen molar-refractivity contribution >= 4 is 35.1 Å². The summed E-state index contributed by atoms with van der Waals surface area (Å²) in [5.74, 6) is 0.0873. The molecule has 0 saturated heterocycles. The van der Waals surface area contributed by atoms with Gasteiger partial charge in [0.25, 0.3) is 5.91 Å². The van der Waals surface area contributed by atoms with E-state index >= 15 is 0 Å². The highest BCUT2D eigenvalue weighted by Gasteiger charge is 2.46. The molecule has 21 heavy (non-hydrogen) atoms. The maximum atomic E-state index is 12.4. The van der Waals surface area contributed by atoms with Gasteiger partial charge in [0.05, 0.1) is 5.69 Å². The summed E-state index contributed by atoms with van der Waals surface area (Å²) in [4.78, 5) is 25.6. The molecular weight excluding hydrogens is 290 g/mol. The first-order chi connectivity index (χ1) is 9.99. The smallest absolute Gasteiger partial charge is 0.251 e. The summed E-state index contributed by atoms with van der Waals surface area (Å²) in [6.07, 6.45) is 0. The number of carbonyl (C=O) groups excluding carboxylic acids is 2. The molecule has 108 valence electrons. The Labute approximate surface area is 125 Å². The van der Waals surface area contributed by atoms with Crippen LogP contribution in [-0.2, 0) is 9.59 Å². The van der Waals surface area contributed by atoms with Crippen LogP contribution in [0.3, 0.4) is 0 Å². The lowest BCUT2D eigenvalue weighted by atomic mass is 10.1. The van der Waals surface area contributed by atoms with Crippen LogP contribution in [0.25, 0.3) is 0 Å². The molecule has 2 heterocycles. The zero-order valence-electron chi connectivity index (χ0n) is 11.5. The van der Waals surface area contributed by atoms with Crippen molar-refractivity contribution in [2.75, 3.05) is 10.6 Å². The third-order valence-electron chi connectivity index (χ3n) is 3.19. The van der Waals surface area contributed by atoms with E-state index in [2.05, 4.69) is 15.8 Å². The Bertz CT molecular complexity index is 728. The summed E-state index contributed by atoms with van der Waals surface area (Å²) >= 11 is 1.22. The molecule has 0 bridgehead atoms. The second kappa shape index (κ2) is 4.92. The van der Waals surface area contributed by atoms with Gasteiger partial charge in [-0.15, -0.1) is 0 Å². The Kier molecular flexibility index (Phi) is 3.21. The fourth-order valence-corrected chi connectivity index (χ4v) is 3.08. The van der Waals surface area contributed by atoms with Crippen LogP contribution in [0, 0.1) is 6.92 Å². The number of hydrogen-bond donors (Lipinski definition) is 2. The monoisotopic (exact) mass is 303 g/mol. The molecule has 0 spiro atoms. The number of fused-ring (bicyclic) bond motifs is 1. The number of aryl methyl sites for hydroxylation is 1. The molecule has 0 aliphatic carbocycles. The van der Waals surface area contributed by atoms with Crippen LogP contribution in [0.4, 0.5) is 11.5 Å². The molecule has 3 rings (SSSR count). The van der Waals surface area contributed by atoms with Crippen LogP contribution in [-0.4, -0.2) is 21.7 Å². The quantitative estimate of drug-likeness (QED) is 0.832. The van der Waals surface area contributed by atoms with Crippen LogP contribution in [0.5, 0.6) is 0 Å². The average Bonchev–Trinajstić information content (AvgIpc) is 2.85. The van der Waals surface area contributed by atoms with E-state index in [-0.39, 0.29) is 5.91 Å². The Morgan fingerprint density at radius 2 is 2.19 bits per heavy atom. The lowest BCUT2D eigenvalue weighted by Crippen LogP contribution is -2.49. The second-order valence-electron chi connectivity index (χ2n) is 4.86. The number of aromatic nitrogens is 1. The van der Waals surface area contributed by atoms with Crippen LogP contribution in [0.1, 0.15) is 12.7 Å². The predicted molar refractivity (Wildman–Crippen MR) is 79.2 cm³/mol. The van der Waals surface area contributed by atoms with Crippen molar-refractivity contribution in [2.45, 2.75) is 23.5 Å². The maximum absolute atomic E-state index is 12.4. The zero-order valence-corrected chi connectivity index (χ0v) is 12.3. The number of anilines is 2. The minimum atomic E-state index is -1.26. The molecule has 0 saturated carbocycles. The normalized spacial score (nSPS) is 20.6. The van der Waals surface area contributed by atoms with Crippen molar-refractivity contribution in [1.82, 2.24) is 5.16 Å². The fraction of sp³-hybridized carbons (Fsp3) is 0.214. The van der Waals surface area contributed by atoms with E-state index in [1.54, 1.807) is 26.0 Å². The molecule has 1 aliphatic rings. The predicted octanol–water partition coefficient (Wildman–Crippen LogP) is 2.42. The lowest BCUT2D eigenvalue weighted by molar-refractivity contribution is -0.126. The molecule has 6 nitrogen and oxygen atoms in total. The number of benzene rings is 1. The van der Waals surface area contributed by atoms with Gasteiger partial charge in [-0.1, -0.05) is 29.1 Å². The summed E-state index contributed by atoms with van der Waals surface area (Å²) in [5.41, 5.74) is 0.718. The number of rotatable bonds is 2. The number of hydrogen-bond acceptors (Lipinski definition) is 5. The van der Waals surface area contributed by atoms with Gasteiger partial charge in [-0.3, -0.25) is 9.59 Å². The minimum absolute atomic E-state index is 0.297. The van der Waals surface area contributed by atoms with E-state index in [0.29, 0.717) is 11.6 Å². The third-order valence-corrected chi connectivity index (χ3v) is 4.54. The number of amides is 2. The lowest BCUT2D eigenvalue weighted by Gasteiger charge is -2.31. The van der Waals surface area contributed by atoms with Gasteiger partial charge in [0.2, 0.25) is 5.91 Å². The first-order valence-electron chi connectivity index (χ1n) is 6.33. The molecule has 1 atom stereocenters. The summed E-state index contributed by atoms with van der Waals surface area (Å²) in [6.45, 7) is 3.31. The fourth-order valence-electron chi connectivity index (χ4n) is 1.98. The molecule has 2 N–H and O–H groups in total. The van der Waals surface area contributed by atoms with Gasteiger partial charge >= 0.3 is 0 Å². The van der Waals surface area contributed by atoms with Crippen LogP contribution >= 0.6 is 11.8 Å². The van der Waals surface area contributed by atoms with E-state index in [1.807, 2.05) is 18.2 Å². The standard InChI is InChI=1S/C14H13N3O3S/c1-8-7-11(17-20-8)16-13(19)14(2)12(18)15-9-5-3-4-6-10(9)21-14/h3-7H,1-2H3,(H,15,18)(H,16,17,19). The minimum Gasteiger partial charge on any atom is -0.360 e. The van der Waals surface area contributed by atoms with Gasteiger partial charge in [-0.05, 0) is 26.0 Å². The molecular formula is C14H13N3O3S. The van der Waals surface area contributed by atoms with Crippen LogP contribution in [0.15, 0.2) is 39.8 Å². The number of thioether (sulfide) groups is 1. The highest BCUT2D eigenvalue weighted by molar-refractivity contribution is 8.02. The van der Waals surface area contributed by atoms with E-state index in [4.69, 9.17) is 4.52 Å². The van der Waals surface area contributed by atoms with E-state index < -0.39 is 10.7 Å². The summed E-state index contributed by atoms with van der Waals surface area (Å²) in [7, 11) is 0. The largest absolute Gasteiger partial charge is 0.360 e. The maximum Gasteiger partial charge on any atom is 0.251 e. The van der Waals surface area contributed by atoms with E-state index in [9.17, 15) is 9.59 Å². The molecule has 1 unspecified atom stereocenters. The van der Waals surface area contributed by atoms with Gasteiger partial charge in [0, 0.05) is 11.0 Å². The summed E-state index contributed by atoms with van der Waals surface area (Å²) < 4.78 is 3.63. The molecule has 2 aromatic rings. The van der Waals surface area contributed by atoms with Crippen molar-refractivity contribution in [3.05, 3.63) is 36.1 Å². The molecule has 0 radical (unpaired) electrons. The molecule has 1 aliphatic heterocycles. The zero-order chi connectivity index (χ0) is 15.0. The van der Waals surface area contributed by atoms with Gasteiger partial charge in [-0.2, -0.15) is 0 Å². The molecule has 0 fully saturated rings. The third kappa shape index (κ3) is 2.40. The highest BCUT2D eigenvalue weighted by atomic mass is 32.2. The SMILES string of the molecule is Cc1cc(NC(=O)C2(C)Sc3ccccc3NC2=O)no1. The Hall–Kier alpha value is -2.28. The topological polar surface area (TPSA) is 84.2 Å². The summed E-state index contributed by atoms with van der Waals surface area (Å²) in [5, 5.41) is 9.07.